The molecule has 2 rings (SSSR count). The molecule has 0 saturated heterocycles. The maximum atomic E-state index is 12.2. The quantitative estimate of drug-likeness (QED) is 0.806. The van der Waals surface area contributed by atoms with Gasteiger partial charge in [-0.1, -0.05) is 22.0 Å². The van der Waals surface area contributed by atoms with Crippen molar-refractivity contribution in [3.8, 4) is 0 Å². The Bertz CT molecular complexity index is 702. The number of benzene rings is 2. The van der Waals surface area contributed by atoms with E-state index in [0.717, 1.165) is 4.47 Å². The summed E-state index contributed by atoms with van der Waals surface area (Å²) in [7, 11) is 1.56. The van der Waals surface area contributed by atoms with E-state index in [4.69, 9.17) is 0 Å². The van der Waals surface area contributed by atoms with Gasteiger partial charge in [-0.2, -0.15) is 0 Å². The second-order valence-electron chi connectivity index (χ2n) is 4.24. The largest absolute Gasteiger partial charge is 0.355 e. The molecule has 0 fully saturated rings. The lowest BCUT2D eigenvalue weighted by atomic mass is 10.1. The summed E-state index contributed by atoms with van der Waals surface area (Å²) in [5, 5.41) is 5.32. The van der Waals surface area contributed by atoms with Crippen molar-refractivity contribution in [1.82, 2.24) is 5.32 Å². The Morgan fingerprint density at radius 3 is 2.43 bits per heavy atom. The molecule has 0 aliphatic carbocycles. The summed E-state index contributed by atoms with van der Waals surface area (Å²) in [6, 6.07) is 12.1. The standard InChI is InChI=1S/C15H12Br2N2O2/c1-18-14(20)9-3-2-4-11(7-9)19-15(21)12-6-5-10(16)8-13(12)17/h2-8H,1H3,(H,18,20)(H,19,21). The molecule has 0 bridgehead atoms. The first-order chi connectivity index (χ1) is 10.0. The van der Waals surface area contributed by atoms with Gasteiger partial charge in [-0.15, -0.1) is 0 Å². The highest BCUT2D eigenvalue weighted by molar-refractivity contribution is 9.11. The van der Waals surface area contributed by atoms with Crippen LogP contribution in [-0.2, 0) is 0 Å². The van der Waals surface area contributed by atoms with Crippen molar-refractivity contribution in [1.29, 1.82) is 0 Å². The topological polar surface area (TPSA) is 58.2 Å². The molecule has 2 aromatic carbocycles. The lowest BCUT2D eigenvalue weighted by Gasteiger charge is -2.08. The highest BCUT2D eigenvalue weighted by Gasteiger charge is 2.11. The zero-order chi connectivity index (χ0) is 15.4. The Hall–Kier alpha value is -1.66. The van der Waals surface area contributed by atoms with E-state index in [-0.39, 0.29) is 11.8 Å². The number of halogens is 2. The van der Waals surface area contributed by atoms with Gasteiger partial charge in [0.25, 0.3) is 11.8 Å². The lowest BCUT2D eigenvalue weighted by Crippen LogP contribution is -2.18. The third kappa shape index (κ3) is 3.92. The second kappa shape index (κ2) is 6.87. The van der Waals surface area contributed by atoms with Gasteiger partial charge in [-0.3, -0.25) is 9.59 Å². The van der Waals surface area contributed by atoms with Gasteiger partial charge in [0.1, 0.15) is 0 Å². The molecule has 2 N–H and O–H groups in total. The van der Waals surface area contributed by atoms with Gasteiger partial charge in [-0.25, -0.2) is 0 Å². The van der Waals surface area contributed by atoms with Gasteiger partial charge in [-0.05, 0) is 52.3 Å². The Morgan fingerprint density at radius 2 is 1.76 bits per heavy atom. The second-order valence-corrected chi connectivity index (χ2v) is 6.01. The molecule has 0 unspecified atom stereocenters. The summed E-state index contributed by atoms with van der Waals surface area (Å²) in [5.74, 6) is -0.445. The van der Waals surface area contributed by atoms with E-state index in [1.165, 1.54) is 0 Å². The van der Waals surface area contributed by atoms with Crippen molar-refractivity contribution in [2.24, 2.45) is 0 Å². The Balaban J connectivity index is 2.21. The molecular formula is C15H12Br2N2O2. The summed E-state index contributed by atoms with van der Waals surface area (Å²) >= 11 is 6.69. The molecule has 0 aromatic heterocycles. The van der Waals surface area contributed by atoms with E-state index in [2.05, 4.69) is 42.5 Å². The summed E-state index contributed by atoms with van der Waals surface area (Å²) in [6.45, 7) is 0. The fourth-order valence-electron chi connectivity index (χ4n) is 1.75. The first-order valence-corrected chi connectivity index (χ1v) is 7.68. The fraction of sp³-hybridized carbons (Fsp3) is 0.0667. The van der Waals surface area contributed by atoms with E-state index in [1.807, 2.05) is 0 Å². The predicted molar refractivity (Wildman–Crippen MR) is 89.6 cm³/mol. The van der Waals surface area contributed by atoms with Crippen LogP contribution in [0.4, 0.5) is 5.69 Å². The third-order valence-corrected chi connectivity index (χ3v) is 3.93. The highest BCUT2D eigenvalue weighted by Crippen LogP contribution is 2.23. The molecule has 2 aromatic rings. The van der Waals surface area contributed by atoms with Crippen molar-refractivity contribution < 1.29 is 9.59 Å². The van der Waals surface area contributed by atoms with Crippen LogP contribution in [0, 0.1) is 0 Å². The summed E-state index contributed by atoms with van der Waals surface area (Å²) in [4.78, 5) is 23.8. The maximum Gasteiger partial charge on any atom is 0.256 e. The molecule has 4 nitrogen and oxygen atoms in total. The minimum Gasteiger partial charge on any atom is -0.355 e. The average molecular weight is 412 g/mol. The Labute approximate surface area is 139 Å². The summed E-state index contributed by atoms with van der Waals surface area (Å²) < 4.78 is 1.57. The first kappa shape index (κ1) is 15.7. The molecule has 0 aliphatic rings. The summed E-state index contributed by atoms with van der Waals surface area (Å²) in [6.07, 6.45) is 0. The monoisotopic (exact) mass is 410 g/mol. The molecule has 0 radical (unpaired) electrons. The average Bonchev–Trinajstić information content (AvgIpc) is 2.46. The van der Waals surface area contributed by atoms with Gasteiger partial charge in [0, 0.05) is 27.2 Å². The molecule has 21 heavy (non-hydrogen) atoms. The number of carbonyl (C=O) groups is 2. The molecule has 108 valence electrons. The van der Waals surface area contributed by atoms with Crippen molar-refractivity contribution >= 4 is 49.4 Å². The molecule has 6 heteroatoms. The van der Waals surface area contributed by atoms with Crippen LogP contribution in [0.15, 0.2) is 51.4 Å². The van der Waals surface area contributed by atoms with Crippen molar-refractivity contribution in [3.63, 3.8) is 0 Å². The first-order valence-electron chi connectivity index (χ1n) is 6.10. The molecule has 2 amide bonds. The van der Waals surface area contributed by atoms with E-state index < -0.39 is 0 Å². The number of carbonyl (C=O) groups excluding carboxylic acids is 2. The van der Waals surface area contributed by atoms with Crippen LogP contribution in [0.2, 0.25) is 0 Å². The normalized spacial score (nSPS) is 10.0. The SMILES string of the molecule is CNC(=O)c1cccc(NC(=O)c2ccc(Br)cc2Br)c1. The maximum absolute atomic E-state index is 12.2. The van der Waals surface area contributed by atoms with Gasteiger partial charge in [0.2, 0.25) is 0 Å². The van der Waals surface area contributed by atoms with Crippen LogP contribution in [0.25, 0.3) is 0 Å². The van der Waals surface area contributed by atoms with Gasteiger partial charge in [0.15, 0.2) is 0 Å². The number of anilines is 1. The van der Waals surface area contributed by atoms with Gasteiger partial charge >= 0.3 is 0 Å². The predicted octanol–water partition coefficient (Wildman–Crippen LogP) is 3.82. The minimum absolute atomic E-state index is 0.198. The van der Waals surface area contributed by atoms with Crippen LogP contribution in [0.1, 0.15) is 20.7 Å². The van der Waals surface area contributed by atoms with Crippen LogP contribution in [-0.4, -0.2) is 18.9 Å². The van der Waals surface area contributed by atoms with Crippen molar-refractivity contribution in [3.05, 3.63) is 62.5 Å². The minimum atomic E-state index is -0.247. The van der Waals surface area contributed by atoms with E-state index >= 15 is 0 Å². The lowest BCUT2D eigenvalue weighted by molar-refractivity contribution is 0.0961. The fourth-order valence-corrected chi connectivity index (χ4v) is 2.98. The number of hydrogen-bond donors (Lipinski definition) is 2. The molecule has 0 atom stereocenters. The molecular weight excluding hydrogens is 400 g/mol. The number of amides is 2. The van der Waals surface area contributed by atoms with Crippen LogP contribution >= 0.6 is 31.9 Å². The van der Waals surface area contributed by atoms with E-state index in [9.17, 15) is 9.59 Å². The number of rotatable bonds is 3. The number of nitrogens with one attached hydrogen (secondary N) is 2. The molecule has 0 heterocycles. The molecule has 0 saturated carbocycles. The van der Waals surface area contributed by atoms with Crippen LogP contribution < -0.4 is 10.6 Å². The third-order valence-electron chi connectivity index (χ3n) is 2.79. The smallest absolute Gasteiger partial charge is 0.256 e. The Kier molecular flexibility index (Phi) is 5.14. The van der Waals surface area contributed by atoms with Crippen molar-refractivity contribution in [2.45, 2.75) is 0 Å². The highest BCUT2D eigenvalue weighted by atomic mass is 79.9. The Morgan fingerprint density at radius 1 is 1.00 bits per heavy atom. The van der Waals surface area contributed by atoms with Gasteiger partial charge in [0.05, 0.1) is 5.56 Å². The van der Waals surface area contributed by atoms with Gasteiger partial charge < -0.3 is 10.6 Å². The van der Waals surface area contributed by atoms with Crippen molar-refractivity contribution in [2.75, 3.05) is 12.4 Å². The zero-order valence-electron chi connectivity index (χ0n) is 11.1. The molecule has 0 aliphatic heterocycles. The van der Waals surface area contributed by atoms with Crippen LogP contribution in [0.5, 0.6) is 0 Å². The molecule has 0 spiro atoms. The van der Waals surface area contributed by atoms with Crippen LogP contribution in [0.3, 0.4) is 0 Å². The van der Waals surface area contributed by atoms with E-state index in [0.29, 0.717) is 21.3 Å². The number of hydrogen-bond acceptors (Lipinski definition) is 2. The zero-order valence-corrected chi connectivity index (χ0v) is 14.3. The summed E-state index contributed by atoms with van der Waals surface area (Å²) in [5.41, 5.74) is 1.57. The van der Waals surface area contributed by atoms with E-state index in [1.54, 1.807) is 49.5 Å².